The minimum absolute atomic E-state index is 0.359. The molecule has 1 N–H and O–H groups in total. The topological polar surface area (TPSA) is 28.4 Å². The van der Waals surface area contributed by atoms with Crippen LogP contribution in [0.5, 0.6) is 0 Å². The van der Waals surface area contributed by atoms with Crippen LogP contribution in [-0.4, -0.2) is 39.3 Å². The molecule has 1 aliphatic heterocycles. The molecule has 1 saturated heterocycles. The average molecular weight is 336 g/mol. The third-order valence-corrected chi connectivity index (χ3v) is 5.87. The molecule has 2 aromatic carbocycles. The first-order chi connectivity index (χ1) is 12.1. The summed E-state index contributed by atoms with van der Waals surface area (Å²) in [6.07, 6.45) is 3.43. The van der Waals surface area contributed by atoms with Crippen molar-refractivity contribution in [3.63, 3.8) is 0 Å². The van der Waals surface area contributed by atoms with Crippen LogP contribution in [0, 0.1) is 0 Å². The zero-order valence-electron chi connectivity index (χ0n) is 15.2. The van der Waals surface area contributed by atoms with E-state index in [1.54, 1.807) is 0 Å². The van der Waals surface area contributed by atoms with Gasteiger partial charge in [-0.05, 0) is 38.8 Å². The van der Waals surface area contributed by atoms with Crippen molar-refractivity contribution >= 4 is 21.8 Å². The molecule has 4 rings (SSSR count). The van der Waals surface area contributed by atoms with E-state index in [0.717, 1.165) is 6.54 Å². The van der Waals surface area contributed by atoms with Gasteiger partial charge in [-0.25, -0.2) is 0 Å². The summed E-state index contributed by atoms with van der Waals surface area (Å²) < 4.78 is 2.29. The van der Waals surface area contributed by atoms with Gasteiger partial charge in [0.2, 0.25) is 0 Å². The van der Waals surface area contributed by atoms with Gasteiger partial charge in [0.1, 0.15) is 0 Å². The van der Waals surface area contributed by atoms with Gasteiger partial charge in [0.15, 0.2) is 0 Å². The highest BCUT2D eigenvalue weighted by molar-refractivity contribution is 6.07. The molecule has 3 aromatic rings. The van der Waals surface area contributed by atoms with Crippen molar-refractivity contribution < 1.29 is 5.11 Å². The van der Waals surface area contributed by atoms with Gasteiger partial charge in [-0.2, -0.15) is 0 Å². The second-order valence-corrected chi connectivity index (χ2v) is 7.62. The second-order valence-electron chi connectivity index (χ2n) is 7.62. The highest BCUT2D eigenvalue weighted by atomic mass is 16.3. The van der Waals surface area contributed by atoms with Gasteiger partial charge in [0.25, 0.3) is 0 Å². The number of benzene rings is 2. The molecular weight excluding hydrogens is 308 g/mol. The summed E-state index contributed by atoms with van der Waals surface area (Å²) in [6.45, 7) is 5.98. The summed E-state index contributed by atoms with van der Waals surface area (Å²) in [6, 6.07) is 18.2. The second kappa shape index (κ2) is 6.81. The van der Waals surface area contributed by atoms with E-state index in [-0.39, 0.29) is 6.10 Å². The largest absolute Gasteiger partial charge is 0.390 e. The predicted octanol–water partition coefficient (Wildman–Crippen LogP) is 4.42. The molecule has 3 heteroatoms. The molecule has 132 valence electrons. The fraction of sp³-hybridized carbons (Fsp3) is 0.455. The van der Waals surface area contributed by atoms with E-state index >= 15 is 0 Å². The van der Waals surface area contributed by atoms with Crippen molar-refractivity contribution in [2.75, 3.05) is 6.54 Å². The van der Waals surface area contributed by atoms with Crippen LogP contribution in [0.4, 0.5) is 0 Å². The van der Waals surface area contributed by atoms with Crippen molar-refractivity contribution in [3.05, 3.63) is 48.5 Å². The van der Waals surface area contributed by atoms with Crippen LogP contribution in [-0.2, 0) is 6.54 Å². The molecule has 0 radical (unpaired) electrons. The van der Waals surface area contributed by atoms with Crippen molar-refractivity contribution in [1.29, 1.82) is 0 Å². The molecule has 25 heavy (non-hydrogen) atoms. The standard InChI is InChI=1S/C22H28N2O/c1-16-8-7-9-17(2)23(16)14-18(25)15-24-21-12-5-3-10-19(21)20-11-4-6-13-22(20)24/h3-6,10-13,16-18,25H,7-9,14-15H2,1-2H3/t16-,17-,18+/m1/s1. The lowest BCUT2D eigenvalue weighted by atomic mass is 9.97. The van der Waals surface area contributed by atoms with Gasteiger partial charge in [-0.1, -0.05) is 42.8 Å². The summed E-state index contributed by atoms with van der Waals surface area (Å²) in [7, 11) is 0. The van der Waals surface area contributed by atoms with E-state index < -0.39 is 0 Å². The lowest BCUT2D eigenvalue weighted by Crippen LogP contribution is -2.48. The molecule has 0 saturated carbocycles. The summed E-state index contributed by atoms with van der Waals surface area (Å²) >= 11 is 0. The van der Waals surface area contributed by atoms with Crippen LogP contribution >= 0.6 is 0 Å². The SMILES string of the molecule is C[C@@H]1CCC[C@@H](C)N1C[C@H](O)Cn1c2ccccc2c2ccccc21. The van der Waals surface area contributed by atoms with E-state index in [9.17, 15) is 5.11 Å². The quantitative estimate of drug-likeness (QED) is 0.764. The Morgan fingerprint density at radius 3 is 1.96 bits per heavy atom. The first kappa shape index (κ1) is 16.6. The van der Waals surface area contributed by atoms with Gasteiger partial charge >= 0.3 is 0 Å². The number of aliphatic hydroxyl groups excluding tert-OH is 1. The minimum atomic E-state index is -0.359. The number of aliphatic hydroxyl groups is 1. The Kier molecular flexibility index (Phi) is 4.53. The lowest BCUT2D eigenvalue weighted by Gasteiger charge is -2.40. The molecule has 3 nitrogen and oxygen atoms in total. The summed E-state index contributed by atoms with van der Waals surface area (Å²) in [5, 5.41) is 13.4. The van der Waals surface area contributed by atoms with Gasteiger partial charge in [0.05, 0.1) is 12.6 Å². The predicted molar refractivity (Wildman–Crippen MR) is 105 cm³/mol. The van der Waals surface area contributed by atoms with Crippen molar-refractivity contribution in [2.24, 2.45) is 0 Å². The Hall–Kier alpha value is -1.84. The Morgan fingerprint density at radius 1 is 0.880 bits per heavy atom. The number of hydrogen-bond acceptors (Lipinski definition) is 2. The molecule has 3 atom stereocenters. The van der Waals surface area contributed by atoms with Crippen LogP contribution in [0.3, 0.4) is 0 Å². The first-order valence-electron chi connectivity index (χ1n) is 9.55. The number of piperidine rings is 1. The first-order valence-corrected chi connectivity index (χ1v) is 9.55. The molecule has 0 spiro atoms. The zero-order chi connectivity index (χ0) is 17.4. The molecule has 0 bridgehead atoms. The van der Waals surface area contributed by atoms with Gasteiger partial charge in [0, 0.05) is 40.4 Å². The van der Waals surface area contributed by atoms with E-state index in [4.69, 9.17) is 0 Å². The third-order valence-electron chi connectivity index (χ3n) is 5.87. The number of likely N-dealkylation sites (tertiary alicyclic amines) is 1. The molecule has 1 aromatic heterocycles. The maximum absolute atomic E-state index is 10.9. The number of nitrogens with zero attached hydrogens (tertiary/aromatic N) is 2. The van der Waals surface area contributed by atoms with Gasteiger partial charge < -0.3 is 9.67 Å². The molecule has 0 amide bonds. The fourth-order valence-electron chi connectivity index (χ4n) is 4.55. The highest BCUT2D eigenvalue weighted by Gasteiger charge is 2.26. The van der Waals surface area contributed by atoms with E-state index in [0.29, 0.717) is 18.6 Å². The number of para-hydroxylation sites is 2. The Bertz CT molecular complexity index is 805. The van der Waals surface area contributed by atoms with Crippen LogP contribution in [0.25, 0.3) is 21.8 Å². The maximum atomic E-state index is 10.9. The smallest absolute Gasteiger partial charge is 0.0846 e. The number of β-amino-alcohol motifs (C(OH)–C–C–N with tert-alkyl or cyclic N) is 1. The monoisotopic (exact) mass is 336 g/mol. The number of fused-ring (bicyclic) bond motifs is 3. The Balaban J connectivity index is 1.63. The zero-order valence-corrected chi connectivity index (χ0v) is 15.2. The summed E-state index contributed by atoms with van der Waals surface area (Å²) in [5.74, 6) is 0. The minimum Gasteiger partial charge on any atom is -0.390 e. The van der Waals surface area contributed by atoms with Gasteiger partial charge in [-0.3, -0.25) is 4.90 Å². The van der Waals surface area contributed by atoms with Crippen molar-refractivity contribution in [2.45, 2.75) is 57.8 Å². The highest BCUT2D eigenvalue weighted by Crippen LogP contribution is 2.29. The summed E-state index contributed by atoms with van der Waals surface area (Å²) in [5.41, 5.74) is 2.42. The number of rotatable bonds is 4. The Labute approximate surface area is 149 Å². The molecule has 0 aliphatic carbocycles. The van der Waals surface area contributed by atoms with Crippen LogP contribution in [0.15, 0.2) is 48.5 Å². The molecular formula is C22H28N2O. The molecule has 2 heterocycles. The average Bonchev–Trinajstić information content (AvgIpc) is 2.93. The van der Waals surface area contributed by atoms with E-state index in [1.165, 1.54) is 41.1 Å². The molecule has 1 fully saturated rings. The normalized spacial score (nSPS) is 23.3. The maximum Gasteiger partial charge on any atom is 0.0846 e. The van der Waals surface area contributed by atoms with Crippen molar-refractivity contribution in [1.82, 2.24) is 9.47 Å². The van der Waals surface area contributed by atoms with E-state index in [2.05, 4.69) is 71.8 Å². The lowest BCUT2D eigenvalue weighted by molar-refractivity contribution is 0.0357. The number of hydrogen-bond donors (Lipinski definition) is 1. The molecule has 1 aliphatic rings. The van der Waals surface area contributed by atoms with E-state index in [1.807, 2.05) is 0 Å². The van der Waals surface area contributed by atoms with Gasteiger partial charge in [-0.15, -0.1) is 0 Å². The molecule has 0 unspecified atom stereocenters. The van der Waals surface area contributed by atoms with Crippen LogP contribution < -0.4 is 0 Å². The fourth-order valence-corrected chi connectivity index (χ4v) is 4.55. The van der Waals surface area contributed by atoms with Crippen molar-refractivity contribution in [3.8, 4) is 0 Å². The Morgan fingerprint density at radius 2 is 1.40 bits per heavy atom. The number of aromatic nitrogens is 1. The van der Waals surface area contributed by atoms with Crippen LogP contribution in [0.2, 0.25) is 0 Å². The summed E-state index contributed by atoms with van der Waals surface area (Å²) in [4.78, 5) is 2.49. The third kappa shape index (κ3) is 3.07. The van der Waals surface area contributed by atoms with Crippen LogP contribution in [0.1, 0.15) is 33.1 Å².